The quantitative estimate of drug-likeness (QED) is 0.166. The van der Waals surface area contributed by atoms with Gasteiger partial charge in [0.15, 0.2) is 0 Å². The Hall–Kier alpha value is -4.90. The number of nitro groups is 1. The molecule has 0 atom stereocenters. The van der Waals surface area contributed by atoms with Crippen molar-refractivity contribution in [3.8, 4) is 17.5 Å². The molecule has 4 aromatic rings. The molecule has 0 unspecified atom stereocenters. The molecule has 0 aliphatic rings. The van der Waals surface area contributed by atoms with Crippen molar-refractivity contribution in [1.82, 2.24) is 4.57 Å². The van der Waals surface area contributed by atoms with E-state index in [1.807, 2.05) is 62.4 Å². The van der Waals surface area contributed by atoms with Crippen molar-refractivity contribution < 1.29 is 14.5 Å². The van der Waals surface area contributed by atoms with E-state index >= 15 is 0 Å². The van der Waals surface area contributed by atoms with E-state index in [2.05, 4.69) is 15.8 Å². The van der Waals surface area contributed by atoms with E-state index in [9.17, 15) is 15.4 Å². The standard InChI is InChI=1S/C28H24N4O4/c1-20-14-25(17-30-36-18-22-6-5-9-27(15-22)32(33)34)21(2)31(20)26-10-12-28(13-11-26)35-19-24-8-4-3-7-23(24)16-29/h3-15,17H,18-19H2,1-2H3/b30-17-. The number of nitro benzene ring substituents is 1. The molecule has 0 aliphatic carbocycles. The molecule has 8 heteroatoms. The van der Waals surface area contributed by atoms with Crippen LogP contribution in [0.5, 0.6) is 5.75 Å². The summed E-state index contributed by atoms with van der Waals surface area (Å²) in [4.78, 5) is 15.8. The van der Waals surface area contributed by atoms with E-state index in [-0.39, 0.29) is 12.3 Å². The van der Waals surface area contributed by atoms with Gasteiger partial charge < -0.3 is 14.1 Å². The Morgan fingerprint density at radius 2 is 1.81 bits per heavy atom. The number of ether oxygens (including phenoxy) is 1. The van der Waals surface area contributed by atoms with Crippen LogP contribution in [0.2, 0.25) is 0 Å². The second-order valence-electron chi connectivity index (χ2n) is 8.15. The summed E-state index contributed by atoms with van der Waals surface area (Å²) >= 11 is 0. The van der Waals surface area contributed by atoms with Crippen LogP contribution in [0.25, 0.3) is 5.69 Å². The van der Waals surface area contributed by atoms with Gasteiger partial charge in [0.05, 0.1) is 22.8 Å². The molecule has 8 nitrogen and oxygen atoms in total. The van der Waals surface area contributed by atoms with Crippen molar-refractivity contribution in [2.75, 3.05) is 0 Å². The summed E-state index contributed by atoms with van der Waals surface area (Å²) in [5.41, 5.74) is 6.05. The lowest BCUT2D eigenvalue weighted by Crippen LogP contribution is -2.01. The maximum Gasteiger partial charge on any atom is 0.269 e. The Balaban J connectivity index is 1.40. The predicted octanol–water partition coefficient (Wildman–Crippen LogP) is 6.00. The summed E-state index contributed by atoms with van der Waals surface area (Å²) in [5.74, 6) is 0.713. The molecule has 36 heavy (non-hydrogen) atoms. The lowest BCUT2D eigenvalue weighted by molar-refractivity contribution is -0.384. The highest BCUT2D eigenvalue weighted by atomic mass is 16.6. The van der Waals surface area contributed by atoms with Crippen LogP contribution in [0.4, 0.5) is 5.69 Å². The van der Waals surface area contributed by atoms with Crippen LogP contribution in [0.15, 0.2) is 84.0 Å². The minimum absolute atomic E-state index is 0.0204. The Morgan fingerprint density at radius 1 is 1.03 bits per heavy atom. The SMILES string of the molecule is Cc1cc(/C=N\OCc2cccc([N+](=O)[O-])c2)c(C)n1-c1ccc(OCc2ccccc2C#N)cc1. The van der Waals surface area contributed by atoms with Gasteiger partial charge >= 0.3 is 0 Å². The largest absolute Gasteiger partial charge is 0.489 e. The predicted molar refractivity (Wildman–Crippen MR) is 136 cm³/mol. The Kier molecular flexibility index (Phi) is 7.42. The molecular formula is C28H24N4O4. The fourth-order valence-electron chi connectivity index (χ4n) is 3.89. The molecule has 0 aliphatic heterocycles. The average molecular weight is 481 g/mol. The molecule has 0 radical (unpaired) electrons. The van der Waals surface area contributed by atoms with Gasteiger partial charge in [-0.15, -0.1) is 0 Å². The molecule has 0 N–H and O–H groups in total. The molecule has 1 heterocycles. The summed E-state index contributed by atoms with van der Waals surface area (Å²) in [6.45, 7) is 4.47. The Morgan fingerprint density at radius 3 is 2.56 bits per heavy atom. The van der Waals surface area contributed by atoms with Crippen molar-refractivity contribution in [2.24, 2.45) is 5.16 Å². The molecule has 180 valence electrons. The molecule has 0 saturated heterocycles. The van der Waals surface area contributed by atoms with Crippen molar-refractivity contribution in [3.63, 3.8) is 0 Å². The summed E-state index contributed by atoms with van der Waals surface area (Å²) < 4.78 is 7.99. The van der Waals surface area contributed by atoms with Gasteiger partial charge in [0.25, 0.3) is 5.69 Å². The van der Waals surface area contributed by atoms with E-state index in [0.717, 1.165) is 28.2 Å². The van der Waals surface area contributed by atoms with E-state index < -0.39 is 4.92 Å². The number of rotatable bonds is 9. The topological polar surface area (TPSA) is 103 Å². The third-order valence-corrected chi connectivity index (χ3v) is 5.72. The van der Waals surface area contributed by atoms with Gasteiger partial charge in [-0.05, 0) is 55.8 Å². The molecule has 0 bridgehead atoms. The fourth-order valence-corrected chi connectivity index (χ4v) is 3.89. The van der Waals surface area contributed by atoms with Crippen LogP contribution in [0.1, 0.15) is 33.6 Å². The molecule has 3 aromatic carbocycles. The van der Waals surface area contributed by atoms with E-state index in [1.165, 1.54) is 12.1 Å². The highest BCUT2D eigenvalue weighted by Crippen LogP contribution is 2.23. The number of hydrogen-bond acceptors (Lipinski definition) is 6. The van der Waals surface area contributed by atoms with Crippen LogP contribution in [0.3, 0.4) is 0 Å². The van der Waals surface area contributed by atoms with Gasteiger partial charge in [-0.1, -0.05) is 35.5 Å². The molecule has 0 fully saturated rings. The number of nitrogens with zero attached hydrogens (tertiary/aromatic N) is 4. The fraction of sp³-hybridized carbons (Fsp3) is 0.143. The third-order valence-electron chi connectivity index (χ3n) is 5.72. The number of benzene rings is 3. The van der Waals surface area contributed by atoms with E-state index in [4.69, 9.17) is 9.57 Å². The lowest BCUT2D eigenvalue weighted by Gasteiger charge is -2.12. The van der Waals surface area contributed by atoms with Gasteiger partial charge in [-0.2, -0.15) is 5.26 Å². The van der Waals surface area contributed by atoms with Crippen LogP contribution in [-0.2, 0) is 18.1 Å². The number of oxime groups is 1. The molecule has 0 amide bonds. The van der Waals surface area contributed by atoms with Crippen molar-refractivity contribution in [2.45, 2.75) is 27.1 Å². The van der Waals surface area contributed by atoms with E-state index in [1.54, 1.807) is 24.4 Å². The molecule has 0 saturated carbocycles. The first-order chi connectivity index (χ1) is 17.5. The van der Waals surface area contributed by atoms with Gasteiger partial charge in [0.2, 0.25) is 0 Å². The lowest BCUT2D eigenvalue weighted by atomic mass is 10.1. The third kappa shape index (κ3) is 5.59. The first-order valence-electron chi connectivity index (χ1n) is 11.2. The van der Waals surface area contributed by atoms with Gasteiger partial charge in [-0.25, -0.2) is 0 Å². The van der Waals surface area contributed by atoms with Crippen LogP contribution in [-0.4, -0.2) is 15.7 Å². The smallest absolute Gasteiger partial charge is 0.269 e. The molecular weight excluding hydrogens is 456 g/mol. The summed E-state index contributed by atoms with van der Waals surface area (Å²) in [6.07, 6.45) is 1.64. The molecule has 0 spiro atoms. The number of hydrogen-bond donors (Lipinski definition) is 0. The van der Waals surface area contributed by atoms with E-state index in [0.29, 0.717) is 23.5 Å². The van der Waals surface area contributed by atoms with Crippen LogP contribution < -0.4 is 4.74 Å². The summed E-state index contributed by atoms with van der Waals surface area (Å²) in [6, 6.07) is 25.6. The summed E-state index contributed by atoms with van der Waals surface area (Å²) in [7, 11) is 0. The number of aryl methyl sites for hydroxylation is 1. The molecule has 4 rings (SSSR count). The maximum absolute atomic E-state index is 10.9. The number of nitriles is 1. The van der Waals surface area contributed by atoms with Gasteiger partial charge in [0, 0.05) is 40.3 Å². The number of aromatic nitrogens is 1. The van der Waals surface area contributed by atoms with Gasteiger partial charge in [-0.3, -0.25) is 10.1 Å². The summed E-state index contributed by atoms with van der Waals surface area (Å²) in [5, 5.41) is 24.2. The average Bonchev–Trinajstić information content (AvgIpc) is 3.18. The second-order valence-corrected chi connectivity index (χ2v) is 8.15. The number of non-ortho nitro benzene ring substituents is 1. The Bertz CT molecular complexity index is 1450. The maximum atomic E-state index is 10.9. The van der Waals surface area contributed by atoms with Crippen LogP contribution in [0, 0.1) is 35.3 Å². The van der Waals surface area contributed by atoms with Crippen LogP contribution >= 0.6 is 0 Å². The normalized spacial score (nSPS) is 10.8. The highest BCUT2D eigenvalue weighted by Gasteiger charge is 2.10. The van der Waals surface area contributed by atoms with Crippen molar-refractivity contribution in [1.29, 1.82) is 5.26 Å². The van der Waals surface area contributed by atoms with Crippen molar-refractivity contribution >= 4 is 11.9 Å². The first kappa shape index (κ1) is 24.2. The Labute approximate surface area is 208 Å². The van der Waals surface area contributed by atoms with Gasteiger partial charge in [0.1, 0.15) is 19.0 Å². The zero-order valence-corrected chi connectivity index (χ0v) is 19.9. The first-order valence-corrected chi connectivity index (χ1v) is 11.2. The second kappa shape index (κ2) is 11.0. The monoisotopic (exact) mass is 480 g/mol. The minimum atomic E-state index is -0.436. The minimum Gasteiger partial charge on any atom is -0.489 e. The highest BCUT2D eigenvalue weighted by molar-refractivity contribution is 5.81. The molecule has 1 aromatic heterocycles. The van der Waals surface area contributed by atoms with Crippen molar-refractivity contribution in [3.05, 3.63) is 123 Å². The zero-order chi connectivity index (χ0) is 25.5. The zero-order valence-electron chi connectivity index (χ0n) is 19.9.